The summed E-state index contributed by atoms with van der Waals surface area (Å²) in [6.07, 6.45) is 1.04. The number of thioether (sulfide) groups is 1. The molecule has 2 N–H and O–H groups in total. The Labute approximate surface area is 159 Å². The number of amides is 2. The molecule has 2 aromatic carbocycles. The highest BCUT2D eigenvalue weighted by atomic mass is 32.2. The van der Waals surface area contributed by atoms with E-state index in [2.05, 4.69) is 10.6 Å². The summed E-state index contributed by atoms with van der Waals surface area (Å²) in [7, 11) is 0. The highest BCUT2D eigenvalue weighted by Gasteiger charge is 2.23. The number of benzene rings is 2. The molecule has 27 heavy (non-hydrogen) atoms. The molecule has 2 aromatic rings. The molecule has 8 heteroatoms. The number of carbonyl (C=O) groups excluding carboxylic acids is 2. The molecule has 1 atom stereocenters. The summed E-state index contributed by atoms with van der Waals surface area (Å²) in [5.74, 6) is -3.28. The van der Waals surface area contributed by atoms with Crippen molar-refractivity contribution in [2.24, 2.45) is 0 Å². The minimum Gasteiger partial charge on any atom is -0.368 e. The first-order valence-electron chi connectivity index (χ1n) is 8.40. The van der Waals surface area contributed by atoms with Crippen LogP contribution >= 0.6 is 11.8 Å². The molecular formula is C19H18F2N2O3S. The number of anilines is 2. The zero-order valence-electron chi connectivity index (χ0n) is 14.3. The van der Waals surface area contributed by atoms with Gasteiger partial charge in [-0.1, -0.05) is 30.0 Å². The smallest absolute Gasteiger partial charge is 0.288 e. The monoisotopic (exact) mass is 392 g/mol. The maximum atomic E-state index is 12.7. The van der Waals surface area contributed by atoms with E-state index in [4.69, 9.17) is 4.74 Å². The molecule has 0 bridgehead atoms. The number of hydrogen-bond acceptors (Lipinski definition) is 4. The molecule has 1 saturated heterocycles. The van der Waals surface area contributed by atoms with Crippen molar-refractivity contribution in [1.29, 1.82) is 0 Å². The van der Waals surface area contributed by atoms with Gasteiger partial charge in [-0.25, -0.2) is 0 Å². The van der Waals surface area contributed by atoms with Crippen molar-refractivity contribution in [1.82, 2.24) is 0 Å². The largest absolute Gasteiger partial charge is 0.368 e. The van der Waals surface area contributed by atoms with E-state index in [-0.39, 0.29) is 10.8 Å². The second kappa shape index (κ2) is 8.96. The number of alkyl halides is 2. The molecule has 0 spiro atoms. The van der Waals surface area contributed by atoms with Crippen LogP contribution in [-0.4, -0.2) is 30.3 Å². The van der Waals surface area contributed by atoms with Crippen molar-refractivity contribution < 1.29 is 23.1 Å². The number of ether oxygens (including phenoxy) is 1. The van der Waals surface area contributed by atoms with E-state index in [1.807, 2.05) is 0 Å². The van der Waals surface area contributed by atoms with Crippen LogP contribution < -0.4 is 10.6 Å². The minimum absolute atomic E-state index is 0.247. The van der Waals surface area contributed by atoms with Crippen LogP contribution in [0.3, 0.4) is 0 Å². The molecule has 0 radical (unpaired) electrons. The summed E-state index contributed by atoms with van der Waals surface area (Å²) in [6.45, 7) is 0.566. The van der Waals surface area contributed by atoms with Crippen LogP contribution in [0.25, 0.3) is 0 Å². The zero-order valence-corrected chi connectivity index (χ0v) is 15.1. The molecule has 0 aliphatic carbocycles. The predicted octanol–water partition coefficient (Wildman–Crippen LogP) is 4.37. The van der Waals surface area contributed by atoms with Crippen molar-refractivity contribution in [3.63, 3.8) is 0 Å². The number of nitrogens with one attached hydrogen (secondary N) is 2. The Balaban J connectivity index is 1.69. The lowest BCUT2D eigenvalue weighted by atomic mass is 10.1. The van der Waals surface area contributed by atoms with Gasteiger partial charge in [0.1, 0.15) is 6.10 Å². The minimum atomic E-state index is -2.58. The topological polar surface area (TPSA) is 67.4 Å². The fourth-order valence-corrected chi connectivity index (χ4v) is 3.30. The Kier molecular flexibility index (Phi) is 6.41. The number of para-hydroxylation sites is 1. The summed E-state index contributed by atoms with van der Waals surface area (Å²) < 4.78 is 30.7. The van der Waals surface area contributed by atoms with Gasteiger partial charge in [0.15, 0.2) is 0 Å². The first-order chi connectivity index (χ1) is 13.0. The first kappa shape index (κ1) is 19.3. The Morgan fingerprint density at radius 3 is 2.67 bits per heavy atom. The number of carbonyl (C=O) groups is 2. The van der Waals surface area contributed by atoms with E-state index in [9.17, 15) is 18.4 Å². The van der Waals surface area contributed by atoms with Crippen LogP contribution in [0.1, 0.15) is 23.2 Å². The molecular weight excluding hydrogens is 374 g/mol. The fourth-order valence-electron chi connectivity index (χ4n) is 2.71. The van der Waals surface area contributed by atoms with Crippen molar-refractivity contribution >= 4 is 35.0 Å². The highest BCUT2D eigenvalue weighted by Crippen LogP contribution is 2.32. The summed E-state index contributed by atoms with van der Waals surface area (Å²) in [6, 6.07) is 12.8. The van der Waals surface area contributed by atoms with Gasteiger partial charge in [0.25, 0.3) is 17.6 Å². The lowest BCUT2D eigenvalue weighted by Gasteiger charge is -2.12. The Bertz CT molecular complexity index is 826. The molecule has 1 heterocycles. The summed E-state index contributed by atoms with van der Waals surface area (Å²) in [5.41, 5.74) is 1.08. The van der Waals surface area contributed by atoms with E-state index in [0.717, 1.165) is 6.42 Å². The van der Waals surface area contributed by atoms with Crippen LogP contribution in [0, 0.1) is 0 Å². The van der Waals surface area contributed by atoms with Crippen molar-refractivity contribution in [3.05, 3.63) is 54.1 Å². The van der Waals surface area contributed by atoms with E-state index in [1.165, 1.54) is 12.1 Å². The lowest BCUT2D eigenvalue weighted by molar-refractivity contribution is -0.124. The van der Waals surface area contributed by atoms with E-state index in [0.29, 0.717) is 41.7 Å². The summed E-state index contributed by atoms with van der Waals surface area (Å²) in [5, 5.41) is 5.37. The van der Waals surface area contributed by atoms with Gasteiger partial charge in [0.05, 0.1) is 5.69 Å². The summed E-state index contributed by atoms with van der Waals surface area (Å²) >= 11 is 0.369. The molecule has 1 aliphatic rings. The summed E-state index contributed by atoms with van der Waals surface area (Å²) in [4.78, 5) is 24.9. The quantitative estimate of drug-likeness (QED) is 0.717. The fraction of sp³-hybridized carbons (Fsp3) is 0.263. The van der Waals surface area contributed by atoms with Gasteiger partial charge in [0.2, 0.25) is 0 Å². The second-order valence-electron chi connectivity index (χ2n) is 5.90. The molecule has 0 unspecified atom stereocenters. The normalized spacial score (nSPS) is 16.3. The molecule has 3 rings (SSSR count). The van der Waals surface area contributed by atoms with E-state index >= 15 is 0 Å². The second-order valence-corrected chi connectivity index (χ2v) is 6.93. The standard InChI is InChI=1S/C19H18F2N2O3S/c20-19(21)27-16-9-2-1-7-14(16)23-17(24)12-5-3-6-13(11-12)22-18(25)15-8-4-10-26-15/h1-3,5-7,9,11,15,19H,4,8,10H2,(H,22,25)(H,23,24)/t15-/m1/s1. The number of halogens is 2. The van der Waals surface area contributed by atoms with E-state index < -0.39 is 17.8 Å². The van der Waals surface area contributed by atoms with Crippen LogP contribution in [-0.2, 0) is 9.53 Å². The predicted molar refractivity (Wildman–Crippen MR) is 100 cm³/mol. The molecule has 0 saturated carbocycles. The SMILES string of the molecule is O=C(Nc1ccccc1SC(F)F)c1cccc(NC(=O)[C@H]2CCCO2)c1. The van der Waals surface area contributed by atoms with Crippen LogP contribution in [0.4, 0.5) is 20.2 Å². The molecule has 1 fully saturated rings. The number of hydrogen-bond donors (Lipinski definition) is 2. The van der Waals surface area contributed by atoms with Gasteiger partial charge in [-0.05, 0) is 43.2 Å². The first-order valence-corrected chi connectivity index (χ1v) is 9.28. The third-order valence-electron chi connectivity index (χ3n) is 3.97. The van der Waals surface area contributed by atoms with Gasteiger partial charge >= 0.3 is 0 Å². The van der Waals surface area contributed by atoms with Crippen LogP contribution in [0.2, 0.25) is 0 Å². The van der Waals surface area contributed by atoms with Crippen molar-refractivity contribution in [3.8, 4) is 0 Å². The maximum absolute atomic E-state index is 12.7. The van der Waals surface area contributed by atoms with Crippen LogP contribution in [0.15, 0.2) is 53.4 Å². The average Bonchev–Trinajstić information content (AvgIpc) is 3.18. The van der Waals surface area contributed by atoms with Gasteiger partial charge in [-0.2, -0.15) is 8.78 Å². The molecule has 1 aliphatic heterocycles. The van der Waals surface area contributed by atoms with Gasteiger partial charge in [-0.3, -0.25) is 9.59 Å². The average molecular weight is 392 g/mol. The highest BCUT2D eigenvalue weighted by molar-refractivity contribution is 7.99. The third-order valence-corrected chi connectivity index (χ3v) is 4.75. The van der Waals surface area contributed by atoms with Crippen molar-refractivity contribution in [2.75, 3.05) is 17.2 Å². The van der Waals surface area contributed by atoms with Gasteiger partial charge in [-0.15, -0.1) is 0 Å². The van der Waals surface area contributed by atoms with E-state index in [1.54, 1.807) is 36.4 Å². The van der Waals surface area contributed by atoms with Gasteiger partial charge < -0.3 is 15.4 Å². The third kappa shape index (κ3) is 5.27. The zero-order chi connectivity index (χ0) is 19.2. The number of rotatable bonds is 6. The molecule has 142 valence electrons. The van der Waals surface area contributed by atoms with Gasteiger partial charge in [0, 0.05) is 22.8 Å². The molecule has 2 amide bonds. The molecule has 0 aromatic heterocycles. The Morgan fingerprint density at radius 1 is 1.11 bits per heavy atom. The van der Waals surface area contributed by atoms with Crippen LogP contribution in [0.5, 0.6) is 0 Å². The lowest BCUT2D eigenvalue weighted by Crippen LogP contribution is -2.27. The Morgan fingerprint density at radius 2 is 1.93 bits per heavy atom. The maximum Gasteiger partial charge on any atom is 0.288 e. The van der Waals surface area contributed by atoms with Crippen molar-refractivity contribution in [2.45, 2.75) is 29.6 Å². The molecule has 5 nitrogen and oxygen atoms in total. The Hall–Kier alpha value is -2.45.